The van der Waals surface area contributed by atoms with Crippen LogP contribution >= 0.6 is 11.8 Å². The second-order valence-electron chi connectivity index (χ2n) is 2.23. The highest BCUT2D eigenvalue weighted by Gasteiger charge is 1.95. The molecule has 0 aliphatic rings. The van der Waals surface area contributed by atoms with E-state index in [0.717, 1.165) is 25.0 Å². The molecule has 0 amide bonds. The van der Waals surface area contributed by atoms with E-state index in [1.54, 1.807) is 0 Å². The van der Waals surface area contributed by atoms with Crippen molar-refractivity contribution in [3.8, 4) is 0 Å². The first-order valence-corrected chi connectivity index (χ1v) is 4.83. The number of thioether (sulfide) groups is 1. The standard InChI is InChI=1S/C7H14O3S/c8-4-2-1-3-5-11-6-7(9)10/h8H,1-6H2,(H,9,10). The summed E-state index contributed by atoms with van der Waals surface area (Å²) in [5, 5.41) is 16.7. The normalized spacial score (nSPS) is 9.91. The number of carboxylic acids is 1. The summed E-state index contributed by atoms with van der Waals surface area (Å²) < 4.78 is 0. The van der Waals surface area contributed by atoms with Gasteiger partial charge in [0.05, 0.1) is 5.75 Å². The second kappa shape index (κ2) is 7.88. The molecule has 0 radical (unpaired) electrons. The van der Waals surface area contributed by atoms with Crippen LogP contribution in [-0.2, 0) is 4.79 Å². The summed E-state index contributed by atoms with van der Waals surface area (Å²) in [4.78, 5) is 10.0. The van der Waals surface area contributed by atoms with Crippen molar-refractivity contribution in [1.29, 1.82) is 0 Å². The van der Waals surface area contributed by atoms with E-state index < -0.39 is 5.97 Å². The molecular weight excluding hydrogens is 164 g/mol. The Morgan fingerprint density at radius 3 is 2.55 bits per heavy atom. The Balaban J connectivity index is 2.85. The number of carbonyl (C=O) groups is 1. The summed E-state index contributed by atoms with van der Waals surface area (Å²) in [5.74, 6) is 0.322. The molecule has 2 N–H and O–H groups in total. The number of unbranched alkanes of at least 4 members (excludes halogenated alkanes) is 2. The van der Waals surface area contributed by atoms with Crippen LogP contribution in [0.25, 0.3) is 0 Å². The maximum absolute atomic E-state index is 10.0. The predicted molar refractivity (Wildman–Crippen MR) is 45.9 cm³/mol. The van der Waals surface area contributed by atoms with Crippen LogP contribution in [0.4, 0.5) is 0 Å². The Kier molecular flexibility index (Phi) is 7.72. The molecule has 0 aromatic heterocycles. The molecular formula is C7H14O3S. The number of aliphatic hydroxyl groups is 1. The number of rotatable bonds is 7. The van der Waals surface area contributed by atoms with Gasteiger partial charge in [-0.15, -0.1) is 0 Å². The van der Waals surface area contributed by atoms with Crippen LogP contribution in [-0.4, -0.2) is 34.3 Å². The third-order valence-electron chi connectivity index (χ3n) is 1.17. The predicted octanol–water partition coefficient (Wildman–Crippen LogP) is 0.967. The van der Waals surface area contributed by atoms with Crippen LogP contribution in [0.3, 0.4) is 0 Å². The monoisotopic (exact) mass is 178 g/mol. The van der Waals surface area contributed by atoms with Crippen molar-refractivity contribution in [2.75, 3.05) is 18.1 Å². The molecule has 3 nitrogen and oxygen atoms in total. The SMILES string of the molecule is O=C(O)CSCCCCCO. The van der Waals surface area contributed by atoms with E-state index in [9.17, 15) is 4.79 Å². The van der Waals surface area contributed by atoms with Gasteiger partial charge < -0.3 is 10.2 Å². The average Bonchev–Trinajstić information content (AvgIpc) is 1.96. The lowest BCUT2D eigenvalue weighted by Gasteiger charge is -1.96. The Hall–Kier alpha value is -0.220. The molecule has 11 heavy (non-hydrogen) atoms. The smallest absolute Gasteiger partial charge is 0.313 e. The minimum absolute atomic E-state index is 0.194. The quantitative estimate of drug-likeness (QED) is 0.570. The molecule has 0 rings (SSSR count). The van der Waals surface area contributed by atoms with Gasteiger partial charge in [-0.25, -0.2) is 0 Å². The molecule has 0 aromatic rings. The molecule has 0 fully saturated rings. The largest absolute Gasteiger partial charge is 0.481 e. The Bertz CT molecular complexity index is 106. The summed E-state index contributed by atoms with van der Waals surface area (Å²) in [6, 6.07) is 0. The number of aliphatic hydroxyl groups excluding tert-OH is 1. The summed E-state index contributed by atoms with van der Waals surface area (Å²) in [5.41, 5.74) is 0. The van der Waals surface area contributed by atoms with E-state index in [-0.39, 0.29) is 12.4 Å². The first-order chi connectivity index (χ1) is 5.27. The van der Waals surface area contributed by atoms with Crippen LogP contribution in [0.5, 0.6) is 0 Å². The van der Waals surface area contributed by atoms with Gasteiger partial charge in [-0.3, -0.25) is 4.79 Å². The van der Waals surface area contributed by atoms with E-state index in [2.05, 4.69) is 0 Å². The Labute approximate surface area is 70.8 Å². The minimum atomic E-state index is -0.753. The molecule has 0 saturated heterocycles. The molecule has 0 unspecified atom stereocenters. The highest BCUT2D eigenvalue weighted by molar-refractivity contribution is 7.99. The van der Waals surface area contributed by atoms with E-state index >= 15 is 0 Å². The van der Waals surface area contributed by atoms with Gasteiger partial charge in [0.2, 0.25) is 0 Å². The minimum Gasteiger partial charge on any atom is -0.481 e. The van der Waals surface area contributed by atoms with Crippen molar-refractivity contribution < 1.29 is 15.0 Å². The van der Waals surface area contributed by atoms with E-state index in [0.29, 0.717) is 0 Å². The van der Waals surface area contributed by atoms with E-state index in [1.807, 2.05) is 0 Å². The van der Waals surface area contributed by atoms with Gasteiger partial charge in [0, 0.05) is 6.61 Å². The number of hydrogen-bond donors (Lipinski definition) is 2. The van der Waals surface area contributed by atoms with Gasteiger partial charge in [0.15, 0.2) is 0 Å². The van der Waals surface area contributed by atoms with Crippen molar-refractivity contribution in [2.24, 2.45) is 0 Å². The third-order valence-corrected chi connectivity index (χ3v) is 2.20. The van der Waals surface area contributed by atoms with Crippen LogP contribution < -0.4 is 0 Å². The zero-order valence-corrected chi connectivity index (χ0v) is 7.27. The van der Waals surface area contributed by atoms with Gasteiger partial charge in [-0.05, 0) is 18.6 Å². The van der Waals surface area contributed by atoms with E-state index in [1.165, 1.54) is 11.8 Å². The van der Waals surface area contributed by atoms with E-state index in [4.69, 9.17) is 10.2 Å². The highest BCUT2D eigenvalue weighted by atomic mass is 32.2. The fourth-order valence-corrected chi connectivity index (χ4v) is 1.38. The zero-order valence-electron chi connectivity index (χ0n) is 6.45. The Morgan fingerprint density at radius 2 is 2.00 bits per heavy atom. The highest BCUT2D eigenvalue weighted by Crippen LogP contribution is 2.05. The van der Waals surface area contributed by atoms with Gasteiger partial charge >= 0.3 is 5.97 Å². The molecule has 0 bridgehead atoms. The van der Waals surface area contributed by atoms with Crippen molar-refractivity contribution in [1.82, 2.24) is 0 Å². The molecule has 0 spiro atoms. The van der Waals surface area contributed by atoms with Gasteiger partial charge in [-0.2, -0.15) is 11.8 Å². The molecule has 0 saturated carbocycles. The molecule has 0 heterocycles. The number of aliphatic carboxylic acids is 1. The van der Waals surface area contributed by atoms with Crippen LogP contribution in [0, 0.1) is 0 Å². The molecule has 0 atom stereocenters. The first kappa shape index (κ1) is 10.8. The maximum atomic E-state index is 10.0. The Morgan fingerprint density at radius 1 is 1.27 bits per heavy atom. The van der Waals surface area contributed by atoms with Crippen LogP contribution in [0.2, 0.25) is 0 Å². The van der Waals surface area contributed by atoms with Crippen molar-refractivity contribution in [2.45, 2.75) is 19.3 Å². The lowest BCUT2D eigenvalue weighted by Crippen LogP contribution is -1.98. The second-order valence-corrected chi connectivity index (χ2v) is 3.34. The molecule has 66 valence electrons. The lowest BCUT2D eigenvalue weighted by molar-refractivity contribution is -0.133. The van der Waals surface area contributed by atoms with Gasteiger partial charge in [0.1, 0.15) is 0 Å². The van der Waals surface area contributed by atoms with Crippen molar-refractivity contribution >= 4 is 17.7 Å². The zero-order chi connectivity index (χ0) is 8.53. The average molecular weight is 178 g/mol. The topological polar surface area (TPSA) is 57.5 Å². The van der Waals surface area contributed by atoms with Crippen LogP contribution in [0.1, 0.15) is 19.3 Å². The van der Waals surface area contributed by atoms with Crippen molar-refractivity contribution in [3.05, 3.63) is 0 Å². The number of hydrogen-bond acceptors (Lipinski definition) is 3. The maximum Gasteiger partial charge on any atom is 0.313 e. The van der Waals surface area contributed by atoms with Crippen molar-refractivity contribution in [3.63, 3.8) is 0 Å². The molecule has 0 aliphatic carbocycles. The molecule has 0 aliphatic heterocycles. The van der Waals surface area contributed by atoms with Gasteiger partial charge in [0.25, 0.3) is 0 Å². The lowest BCUT2D eigenvalue weighted by atomic mass is 10.3. The molecule has 4 heteroatoms. The first-order valence-electron chi connectivity index (χ1n) is 3.67. The summed E-state index contributed by atoms with van der Waals surface area (Å²) >= 11 is 1.43. The molecule has 0 aromatic carbocycles. The summed E-state index contributed by atoms with van der Waals surface area (Å²) in [6.07, 6.45) is 2.81. The fourth-order valence-electron chi connectivity index (χ4n) is 0.652. The third kappa shape index (κ3) is 9.78. The summed E-state index contributed by atoms with van der Waals surface area (Å²) in [7, 11) is 0. The summed E-state index contributed by atoms with van der Waals surface area (Å²) in [6.45, 7) is 0.240. The van der Waals surface area contributed by atoms with Gasteiger partial charge in [-0.1, -0.05) is 6.42 Å². The number of carboxylic acid groups (broad SMARTS) is 1. The fraction of sp³-hybridized carbons (Fsp3) is 0.857. The van der Waals surface area contributed by atoms with Crippen LogP contribution in [0.15, 0.2) is 0 Å².